The first-order chi connectivity index (χ1) is 5.54. The van der Waals surface area contributed by atoms with Crippen molar-refractivity contribution in [1.82, 2.24) is 0 Å². The van der Waals surface area contributed by atoms with Gasteiger partial charge in [0.05, 0.1) is 0 Å². The van der Waals surface area contributed by atoms with Gasteiger partial charge in [-0.25, -0.2) is 4.39 Å². The second-order valence-electron chi connectivity index (χ2n) is 2.71. The molecular formula is C9H10FNO. The molecule has 2 nitrogen and oxygen atoms in total. The molecule has 0 aliphatic rings. The zero-order chi connectivity index (χ0) is 9.30. The van der Waals surface area contributed by atoms with Crippen LogP contribution in [-0.4, -0.2) is 5.91 Å². The lowest BCUT2D eigenvalue weighted by Crippen LogP contribution is -2.13. The van der Waals surface area contributed by atoms with Gasteiger partial charge in [0.1, 0.15) is 5.82 Å². The predicted molar refractivity (Wildman–Crippen MR) is 44.4 cm³/mol. The van der Waals surface area contributed by atoms with Crippen LogP contribution in [0.2, 0.25) is 0 Å². The monoisotopic (exact) mass is 167 g/mol. The molecule has 1 aromatic rings. The van der Waals surface area contributed by atoms with Gasteiger partial charge in [-0.3, -0.25) is 4.79 Å². The zero-order valence-electron chi connectivity index (χ0n) is 7.02. The third-order valence-electron chi connectivity index (χ3n) is 1.99. The highest BCUT2D eigenvalue weighted by Gasteiger charge is 2.09. The minimum Gasteiger partial charge on any atom is -0.366 e. The number of hydrogen-bond acceptors (Lipinski definition) is 1. The van der Waals surface area contributed by atoms with Crippen LogP contribution in [0.3, 0.4) is 0 Å². The number of rotatable bonds is 1. The van der Waals surface area contributed by atoms with Crippen molar-refractivity contribution >= 4 is 5.91 Å². The Kier molecular flexibility index (Phi) is 2.13. The van der Waals surface area contributed by atoms with Crippen molar-refractivity contribution in [3.8, 4) is 0 Å². The van der Waals surface area contributed by atoms with Gasteiger partial charge in [-0.1, -0.05) is 0 Å². The summed E-state index contributed by atoms with van der Waals surface area (Å²) in [6.45, 7) is 3.30. The van der Waals surface area contributed by atoms with Crippen LogP contribution in [0.25, 0.3) is 0 Å². The Morgan fingerprint density at radius 2 is 1.92 bits per heavy atom. The molecule has 3 heteroatoms. The Morgan fingerprint density at radius 1 is 1.33 bits per heavy atom. The minimum absolute atomic E-state index is 0.308. The van der Waals surface area contributed by atoms with E-state index in [2.05, 4.69) is 0 Å². The molecule has 0 aliphatic carbocycles. The molecule has 0 saturated heterocycles. The van der Waals surface area contributed by atoms with E-state index in [0.29, 0.717) is 16.7 Å². The number of nitrogens with two attached hydrogens (primary N) is 1. The normalized spacial score (nSPS) is 9.92. The van der Waals surface area contributed by atoms with Gasteiger partial charge < -0.3 is 5.73 Å². The fourth-order valence-electron chi connectivity index (χ4n) is 1.05. The maximum Gasteiger partial charge on any atom is 0.248 e. The molecule has 0 aliphatic heterocycles. The van der Waals surface area contributed by atoms with E-state index in [1.54, 1.807) is 13.8 Å². The fourth-order valence-corrected chi connectivity index (χ4v) is 1.05. The third kappa shape index (κ3) is 1.30. The zero-order valence-corrected chi connectivity index (χ0v) is 7.02. The van der Waals surface area contributed by atoms with Gasteiger partial charge >= 0.3 is 0 Å². The molecule has 0 fully saturated rings. The van der Waals surface area contributed by atoms with Gasteiger partial charge in [0.15, 0.2) is 0 Å². The number of amides is 1. The average Bonchev–Trinajstić information content (AvgIpc) is 2.00. The van der Waals surface area contributed by atoms with E-state index in [1.165, 1.54) is 12.1 Å². The number of carbonyl (C=O) groups excluding carboxylic acids is 1. The van der Waals surface area contributed by atoms with E-state index in [4.69, 9.17) is 5.73 Å². The first-order valence-corrected chi connectivity index (χ1v) is 3.59. The van der Waals surface area contributed by atoms with Crippen LogP contribution in [0.4, 0.5) is 4.39 Å². The van der Waals surface area contributed by atoms with E-state index >= 15 is 0 Å². The molecule has 0 radical (unpaired) electrons. The lowest BCUT2D eigenvalue weighted by atomic mass is 10.0. The lowest BCUT2D eigenvalue weighted by Gasteiger charge is -2.05. The molecule has 0 aromatic heterocycles. The Balaban J connectivity index is 3.36. The summed E-state index contributed by atoms with van der Waals surface area (Å²) >= 11 is 0. The first-order valence-electron chi connectivity index (χ1n) is 3.59. The molecule has 1 aromatic carbocycles. The van der Waals surface area contributed by atoms with E-state index < -0.39 is 5.91 Å². The summed E-state index contributed by atoms with van der Waals surface area (Å²) in [4.78, 5) is 10.8. The molecular weight excluding hydrogens is 157 g/mol. The summed E-state index contributed by atoms with van der Waals surface area (Å²) in [6, 6.07) is 2.66. The largest absolute Gasteiger partial charge is 0.366 e. The minimum atomic E-state index is -0.518. The summed E-state index contributed by atoms with van der Waals surface area (Å²) in [5.41, 5.74) is 6.55. The average molecular weight is 167 g/mol. The number of benzene rings is 1. The topological polar surface area (TPSA) is 43.1 Å². The summed E-state index contributed by atoms with van der Waals surface area (Å²) in [6.07, 6.45) is 0. The fraction of sp³-hybridized carbons (Fsp3) is 0.222. The van der Waals surface area contributed by atoms with Gasteiger partial charge in [0, 0.05) is 5.56 Å². The molecule has 0 bridgehead atoms. The number of hydrogen-bond donors (Lipinski definition) is 1. The number of primary amides is 1. The van der Waals surface area contributed by atoms with E-state index in [1.807, 2.05) is 0 Å². The van der Waals surface area contributed by atoms with Crippen molar-refractivity contribution in [3.05, 3.63) is 34.6 Å². The van der Waals surface area contributed by atoms with Crippen molar-refractivity contribution < 1.29 is 9.18 Å². The number of carbonyl (C=O) groups is 1. The molecule has 0 unspecified atom stereocenters. The van der Waals surface area contributed by atoms with Crippen molar-refractivity contribution in [3.63, 3.8) is 0 Å². The van der Waals surface area contributed by atoms with Crippen LogP contribution in [0.5, 0.6) is 0 Å². The van der Waals surface area contributed by atoms with Gasteiger partial charge in [-0.15, -0.1) is 0 Å². The van der Waals surface area contributed by atoms with E-state index in [0.717, 1.165) is 0 Å². The molecule has 1 rings (SSSR count). The van der Waals surface area contributed by atoms with Crippen LogP contribution in [-0.2, 0) is 0 Å². The van der Waals surface area contributed by atoms with Crippen LogP contribution in [0.1, 0.15) is 21.5 Å². The highest BCUT2D eigenvalue weighted by molar-refractivity contribution is 5.94. The molecule has 1 amide bonds. The maximum absolute atomic E-state index is 12.9. The SMILES string of the molecule is Cc1c(F)ccc(C(N)=O)c1C. The van der Waals surface area contributed by atoms with Crippen LogP contribution in [0, 0.1) is 19.7 Å². The summed E-state index contributed by atoms with van der Waals surface area (Å²) in [7, 11) is 0. The van der Waals surface area contributed by atoms with E-state index in [9.17, 15) is 9.18 Å². The second-order valence-corrected chi connectivity index (χ2v) is 2.71. The van der Waals surface area contributed by atoms with Gasteiger partial charge in [-0.2, -0.15) is 0 Å². The molecule has 2 N–H and O–H groups in total. The van der Waals surface area contributed by atoms with Crippen molar-refractivity contribution in [2.75, 3.05) is 0 Å². The van der Waals surface area contributed by atoms with Crippen LogP contribution >= 0.6 is 0 Å². The Labute approximate surface area is 70.2 Å². The van der Waals surface area contributed by atoms with Gasteiger partial charge in [0.25, 0.3) is 0 Å². The molecule has 64 valence electrons. The van der Waals surface area contributed by atoms with Gasteiger partial charge in [-0.05, 0) is 37.1 Å². The molecule has 0 spiro atoms. The lowest BCUT2D eigenvalue weighted by molar-refractivity contribution is 0.0999. The van der Waals surface area contributed by atoms with Crippen molar-refractivity contribution in [2.24, 2.45) is 5.73 Å². The van der Waals surface area contributed by atoms with Crippen LogP contribution in [0.15, 0.2) is 12.1 Å². The maximum atomic E-state index is 12.9. The standard InChI is InChI=1S/C9H10FNO/c1-5-6(2)8(10)4-3-7(5)9(11)12/h3-4H,1-2H3,(H2,11,12). The third-order valence-corrected chi connectivity index (χ3v) is 1.99. The Hall–Kier alpha value is -1.38. The summed E-state index contributed by atoms with van der Waals surface area (Å²) in [5, 5.41) is 0. The van der Waals surface area contributed by atoms with Crippen molar-refractivity contribution in [1.29, 1.82) is 0 Å². The smallest absolute Gasteiger partial charge is 0.248 e. The van der Waals surface area contributed by atoms with E-state index in [-0.39, 0.29) is 5.82 Å². The summed E-state index contributed by atoms with van der Waals surface area (Å²) < 4.78 is 12.9. The molecule has 0 atom stereocenters. The van der Waals surface area contributed by atoms with Crippen molar-refractivity contribution in [2.45, 2.75) is 13.8 Å². The predicted octanol–water partition coefficient (Wildman–Crippen LogP) is 1.54. The van der Waals surface area contributed by atoms with Gasteiger partial charge in [0.2, 0.25) is 5.91 Å². The van der Waals surface area contributed by atoms with Crippen LogP contribution < -0.4 is 5.73 Å². The molecule has 0 heterocycles. The Morgan fingerprint density at radius 3 is 2.42 bits per heavy atom. The number of halogens is 1. The Bertz CT molecular complexity index is 334. The summed E-state index contributed by atoms with van der Waals surface area (Å²) in [5.74, 6) is -0.826. The molecule has 0 saturated carbocycles. The highest BCUT2D eigenvalue weighted by atomic mass is 19.1. The quantitative estimate of drug-likeness (QED) is 0.677. The highest BCUT2D eigenvalue weighted by Crippen LogP contribution is 2.15. The molecule has 12 heavy (non-hydrogen) atoms. The second kappa shape index (κ2) is 2.93. The first kappa shape index (κ1) is 8.71.